The highest BCUT2D eigenvalue weighted by Crippen LogP contribution is 2.55. The van der Waals surface area contributed by atoms with Crippen molar-refractivity contribution in [2.75, 3.05) is 13.7 Å². The Morgan fingerprint density at radius 1 is 1.44 bits per heavy atom. The minimum Gasteiger partial charge on any atom is -0.494 e. The molecule has 0 aromatic heterocycles. The number of hydrogen-bond acceptors (Lipinski definition) is 2. The lowest BCUT2D eigenvalue weighted by Crippen LogP contribution is -2.29. The molecule has 0 spiro atoms. The third-order valence-corrected chi connectivity index (χ3v) is 3.86. The predicted molar refractivity (Wildman–Crippen MR) is 71.3 cm³/mol. The van der Waals surface area contributed by atoms with Crippen molar-refractivity contribution in [3.63, 3.8) is 0 Å². The molecule has 1 saturated carbocycles. The van der Waals surface area contributed by atoms with E-state index in [2.05, 4.69) is 19.2 Å². The number of methoxy groups -OCH3 is 1. The summed E-state index contributed by atoms with van der Waals surface area (Å²) in [6.45, 7) is 5.26. The summed E-state index contributed by atoms with van der Waals surface area (Å²) in [7, 11) is 1.51. The molecule has 1 aliphatic carbocycles. The Bertz CT molecular complexity index is 415. The van der Waals surface area contributed by atoms with Crippen molar-refractivity contribution in [3.8, 4) is 5.75 Å². The van der Waals surface area contributed by atoms with Gasteiger partial charge in [-0.05, 0) is 37.3 Å². The molecule has 1 N–H and O–H groups in total. The van der Waals surface area contributed by atoms with Crippen LogP contribution >= 0.6 is 0 Å². The zero-order valence-electron chi connectivity index (χ0n) is 11.4. The van der Waals surface area contributed by atoms with Gasteiger partial charge in [0.15, 0.2) is 11.6 Å². The smallest absolute Gasteiger partial charge is 0.169 e. The molecule has 100 valence electrons. The van der Waals surface area contributed by atoms with Crippen molar-refractivity contribution in [3.05, 3.63) is 29.6 Å². The summed E-state index contributed by atoms with van der Waals surface area (Å²) in [5.41, 5.74) is 0.936. The number of hydrogen-bond donors (Lipinski definition) is 1. The minimum absolute atomic E-state index is 0.0903. The first kappa shape index (κ1) is 13.3. The first-order valence-electron chi connectivity index (χ1n) is 6.68. The zero-order valence-corrected chi connectivity index (χ0v) is 11.4. The van der Waals surface area contributed by atoms with Gasteiger partial charge in [0.05, 0.1) is 7.11 Å². The van der Waals surface area contributed by atoms with Gasteiger partial charge in [-0.15, -0.1) is 0 Å². The van der Waals surface area contributed by atoms with Gasteiger partial charge < -0.3 is 10.1 Å². The largest absolute Gasteiger partial charge is 0.494 e. The van der Waals surface area contributed by atoms with Gasteiger partial charge in [0, 0.05) is 11.6 Å². The molecule has 2 nitrogen and oxygen atoms in total. The van der Waals surface area contributed by atoms with Crippen LogP contribution in [0.15, 0.2) is 18.2 Å². The van der Waals surface area contributed by atoms with E-state index in [0.717, 1.165) is 31.4 Å². The fourth-order valence-electron chi connectivity index (χ4n) is 2.41. The van der Waals surface area contributed by atoms with Gasteiger partial charge in [0.1, 0.15) is 0 Å². The number of halogens is 1. The van der Waals surface area contributed by atoms with E-state index in [0.29, 0.717) is 5.75 Å². The lowest BCUT2D eigenvalue weighted by atomic mass is 9.91. The molecule has 1 aliphatic rings. The summed E-state index contributed by atoms with van der Waals surface area (Å²) < 4.78 is 19.4. The molecule has 2 rings (SSSR count). The second kappa shape index (κ2) is 5.27. The van der Waals surface area contributed by atoms with Crippen LogP contribution in [-0.2, 0) is 0 Å². The van der Waals surface area contributed by atoms with Crippen molar-refractivity contribution in [1.29, 1.82) is 0 Å². The van der Waals surface area contributed by atoms with Crippen molar-refractivity contribution < 1.29 is 9.13 Å². The quantitative estimate of drug-likeness (QED) is 0.832. The highest BCUT2D eigenvalue weighted by Gasteiger charge is 2.46. The minimum atomic E-state index is -0.221. The topological polar surface area (TPSA) is 21.3 Å². The summed E-state index contributed by atoms with van der Waals surface area (Å²) in [6.07, 6.45) is 3.37. The van der Waals surface area contributed by atoms with Gasteiger partial charge in [0.2, 0.25) is 0 Å². The fraction of sp³-hybridized carbons (Fsp3) is 0.600. The first-order valence-corrected chi connectivity index (χ1v) is 6.68. The van der Waals surface area contributed by atoms with E-state index < -0.39 is 0 Å². The molecule has 1 aromatic carbocycles. The highest BCUT2D eigenvalue weighted by molar-refractivity contribution is 5.35. The van der Waals surface area contributed by atoms with E-state index in [1.807, 2.05) is 12.1 Å². The standard InChI is InChI=1S/C15H22FNO/c1-4-10-17-14(15(2)8-9-15)11-6-5-7-12(18-3)13(11)16/h5-7,14,17H,4,8-10H2,1-3H3. The third-order valence-electron chi connectivity index (χ3n) is 3.86. The van der Waals surface area contributed by atoms with E-state index in [-0.39, 0.29) is 17.3 Å². The molecule has 1 fully saturated rings. The number of rotatable bonds is 6. The summed E-state index contributed by atoms with van der Waals surface area (Å²) in [6, 6.07) is 5.50. The Morgan fingerprint density at radius 2 is 2.17 bits per heavy atom. The molecule has 0 bridgehead atoms. The summed E-state index contributed by atoms with van der Waals surface area (Å²) >= 11 is 0. The number of nitrogens with one attached hydrogen (secondary N) is 1. The Hall–Kier alpha value is -1.09. The molecule has 3 heteroatoms. The fourth-order valence-corrected chi connectivity index (χ4v) is 2.41. The van der Waals surface area contributed by atoms with Gasteiger partial charge in [-0.1, -0.05) is 26.0 Å². The molecular weight excluding hydrogens is 229 g/mol. The maximum absolute atomic E-state index is 14.3. The summed E-state index contributed by atoms with van der Waals surface area (Å²) in [5.74, 6) is 0.113. The van der Waals surface area contributed by atoms with Crippen LogP contribution in [0.2, 0.25) is 0 Å². The molecular formula is C15H22FNO. The third kappa shape index (κ3) is 2.51. The predicted octanol–water partition coefficient (Wildman–Crippen LogP) is 3.68. The van der Waals surface area contributed by atoms with Crippen molar-refractivity contribution in [1.82, 2.24) is 5.32 Å². The van der Waals surface area contributed by atoms with E-state index in [1.165, 1.54) is 7.11 Å². The Morgan fingerprint density at radius 3 is 2.72 bits per heavy atom. The lowest BCUT2D eigenvalue weighted by molar-refractivity contribution is 0.341. The molecule has 1 unspecified atom stereocenters. The molecule has 0 saturated heterocycles. The van der Waals surface area contributed by atoms with Crippen molar-refractivity contribution >= 4 is 0 Å². The molecule has 0 aliphatic heterocycles. The van der Waals surface area contributed by atoms with E-state index >= 15 is 0 Å². The average molecular weight is 251 g/mol. The van der Waals surface area contributed by atoms with Gasteiger partial charge in [-0.25, -0.2) is 4.39 Å². The molecule has 0 amide bonds. The Balaban J connectivity index is 2.30. The zero-order chi connectivity index (χ0) is 13.2. The van der Waals surface area contributed by atoms with Crippen molar-refractivity contribution in [2.24, 2.45) is 5.41 Å². The van der Waals surface area contributed by atoms with Crippen LogP contribution < -0.4 is 10.1 Å². The monoisotopic (exact) mass is 251 g/mol. The summed E-state index contributed by atoms with van der Waals surface area (Å²) in [5, 5.41) is 3.48. The van der Waals surface area contributed by atoms with E-state index in [9.17, 15) is 4.39 Å². The van der Waals surface area contributed by atoms with Crippen LogP contribution in [-0.4, -0.2) is 13.7 Å². The van der Waals surface area contributed by atoms with Gasteiger partial charge >= 0.3 is 0 Å². The molecule has 0 radical (unpaired) electrons. The second-order valence-corrected chi connectivity index (χ2v) is 5.40. The van der Waals surface area contributed by atoms with Crippen molar-refractivity contribution in [2.45, 2.75) is 39.2 Å². The van der Waals surface area contributed by atoms with Crippen LogP contribution in [0.1, 0.15) is 44.7 Å². The van der Waals surface area contributed by atoms with Crippen LogP contribution in [0.5, 0.6) is 5.75 Å². The second-order valence-electron chi connectivity index (χ2n) is 5.40. The van der Waals surface area contributed by atoms with Gasteiger partial charge in [-0.2, -0.15) is 0 Å². The Labute approximate surface area is 109 Å². The van der Waals surface area contributed by atoms with Gasteiger partial charge in [0.25, 0.3) is 0 Å². The number of benzene rings is 1. The van der Waals surface area contributed by atoms with Crippen LogP contribution in [0.3, 0.4) is 0 Å². The normalized spacial score (nSPS) is 18.4. The maximum atomic E-state index is 14.3. The molecule has 0 heterocycles. The van der Waals surface area contributed by atoms with Crippen LogP contribution in [0.25, 0.3) is 0 Å². The summed E-state index contributed by atoms with van der Waals surface area (Å²) in [4.78, 5) is 0. The van der Waals surface area contributed by atoms with E-state index in [1.54, 1.807) is 6.07 Å². The molecule has 1 aromatic rings. The lowest BCUT2D eigenvalue weighted by Gasteiger charge is -2.26. The van der Waals surface area contributed by atoms with Crippen LogP contribution in [0.4, 0.5) is 4.39 Å². The SMILES string of the molecule is CCCNC(c1cccc(OC)c1F)C1(C)CC1. The molecule has 18 heavy (non-hydrogen) atoms. The van der Waals surface area contributed by atoms with Crippen LogP contribution in [0, 0.1) is 11.2 Å². The maximum Gasteiger partial charge on any atom is 0.169 e. The van der Waals surface area contributed by atoms with E-state index in [4.69, 9.17) is 4.74 Å². The van der Waals surface area contributed by atoms with Gasteiger partial charge in [-0.3, -0.25) is 0 Å². The molecule has 1 atom stereocenters. The average Bonchev–Trinajstić information content (AvgIpc) is 3.10. The highest BCUT2D eigenvalue weighted by atomic mass is 19.1. The first-order chi connectivity index (χ1) is 8.62. The Kier molecular flexibility index (Phi) is 3.91. The number of ether oxygens (including phenoxy) is 1.